The smallest absolute Gasteiger partial charge is 0.251 e. The third-order valence-corrected chi connectivity index (χ3v) is 3.29. The Kier molecular flexibility index (Phi) is 3.81. The molecule has 0 radical (unpaired) electrons. The Morgan fingerprint density at radius 3 is 2.61 bits per heavy atom. The first-order valence-electron chi connectivity index (χ1n) is 6.10. The second-order valence-electron chi connectivity index (χ2n) is 4.72. The molecule has 1 amide bonds. The minimum atomic E-state index is -0.521. The summed E-state index contributed by atoms with van der Waals surface area (Å²) in [7, 11) is 0. The summed E-state index contributed by atoms with van der Waals surface area (Å²) in [6, 6.07) is 4.02. The molecule has 1 saturated carbocycles. The standard InChI is InChI=1S/C13H17FN2O2/c14-11-6-1-8(7-12(11)15)13(18)16-9-2-4-10(17)5-3-9/h1,6-7,9-10,17H,2-5,15H2,(H,16,18). The van der Waals surface area contributed by atoms with E-state index in [1.165, 1.54) is 18.2 Å². The van der Waals surface area contributed by atoms with E-state index < -0.39 is 5.82 Å². The zero-order valence-electron chi connectivity index (χ0n) is 10.0. The lowest BCUT2D eigenvalue weighted by Gasteiger charge is -2.26. The molecule has 0 atom stereocenters. The van der Waals surface area contributed by atoms with E-state index in [2.05, 4.69) is 5.32 Å². The first-order chi connectivity index (χ1) is 8.56. The van der Waals surface area contributed by atoms with Gasteiger partial charge in [0, 0.05) is 11.6 Å². The van der Waals surface area contributed by atoms with Crippen molar-refractivity contribution in [2.45, 2.75) is 37.8 Å². The molecule has 1 aliphatic carbocycles. The predicted molar refractivity (Wildman–Crippen MR) is 66.5 cm³/mol. The van der Waals surface area contributed by atoms with E-state index in [4.69, 9.17) is 5.73 Å². The second kappa shape index (κ2) is 5.35. The van der Waals surface area contributed by atoms with Crippen molar-refractivity contribution >= 4 is 11.6 Å². The van der Waals surface area contributed by atoms with Crippen LogP contribution in [-0.4, -0.2) is 23.2 Å². The van der Waals surface area contributed by atoms with Crippen LogP contribution in [0.4, 0.5) is 10.1 Å². The van der Waals surface area contributed by atoms with Crippen LogP contribution in [0.15, 0.2) is 18.2 Å². The third kappa shape index (κ3) is 2.98. The Hall–Kier alpha value is -1.62. The molecule has 0 aliphatic heterocycles. The van der Waals surface area contributed by atoms with E-state index in [-0.39, 0.29) is 23.7 Å². The third-order valence-electron chi connectivity index (χ3n) is 3.29. The number of hydrogen-bond donors (Lipinski definition) is 3. The number of anilines is 1. The van der Waals surface area contributed by atoms with Gasteiger partial charge in [-0.25, -0.2) is 4.39 Å². The SMILES string of the molecule is Nc1cc(C(=O)NC2CCC(O)CC2)ccc1F. The molecular formula is C13H17FN2O2. The zero-order valence-corrected chi connectivity index (χ0v) is 10.0. The van der Waals surface area contributed by atoms with Crippen molar-refractivity contribution in [2.24, 2.45) is 0 Å². The summed E-state index contributed by atoms with van der Waals surface area (Å²) < 4.78 is 13.0. The lowest BCUT2D eigenvalue weighted by Crippen LogP contribution is -2.38. The van der Waals surface area contributed by atoms with Crippen LogP contribution in [0.2, 0.25) is 0 Å². The van der Waals surface area contributed by atoms with Crippen LogP contribution in [0, 0.1) is 5.82 Å². The Balaban J connectivity index is 1.97. The number of nitrogen functional groups attached to an aromatic ring is 1. The van der Waals surface area contributed by atoms with Gasteiger partial charge in [0.25, 0.3) is 5.91 Å². The molecule has 5 heteroatoms. The van der Waals surface area contributed by atoms with Gasteiger partial charge >= 0.3 is 0 Å². The fraction of sp³-hybridized carbons (Fsp3) is 0.462. The van der Waals surface area contributed by atoms with Crippen molar-refractivity contribution in [3.8, 4) is 0 Å². The van der Waals surface area contributed by atoms with Crippen LogP contribution in [-0.2, 0) is 0 Å². The lowest BCUT2D eigenvalue weighted by molar-refractivity contribution is 0.0867. The number of halogens is 1. The van der Waals surface area contributed by atoms with Gasteiger partial charge in [0.2, 0.25) is 0 Å². The van der Waals surface area contributed by atoms with Crippen LogP contribution in [0.5, 0.6) is 0 Å². The lowest BCUT2D eigenvalue weighted by atomic mass is 9.93. The van der Waals surface area contributed by atoms with Gasteiger partial charge in [-0.05, 0) is 43.9 Å². The number of hydrogen-bond acceptors (Lipinski definition) is 3. The van der Waals surface area contributed by atoms with Crippen LogP contribution < -0.4 is 11.1 Å². The first-order valence-corrected chi connectivity index (χ1v) is 6.10. The number of nitrogens with one attached hydrogen (secondary N) is 1. The van der Waals surface area contributed by atoms with Gasteiger partial charge in [-0.1, -0.05) is 0 Å². The molecule has 1 fully saturated rings. The minimum absolute atomic E-state index is 0.0262. The maximum absolute atomic E-state index is 13.0. The highest BCUT2D eigenvalue weighted by molar-refractivity contribution is 5.95. The van der Waals surface area contributed by atoms with Crippen molar-refractivity contribution in [3.05, 3.63) is 29.6 Å². The Morgan fingerprint density at radius 1 is 1.33 bits per heavy atom. The molecule has 4 N–H and O–H groups in total. The van der Waals surface area contributed by atoms with Crippen molar-refractivity contribution in [3.63, 3.8) is 0 Å². The number of carbonyl (C=O) groups is 1. The summed E-state index contributed by atoms with van der Waals surface area (Å²) in [5, 5.41) is 12.2. The quantitative estimate of drug-likeness (QED) is 0.697. The van der Waals surface area contributed by atoms with Crippen molar-refractivity contribution in [1.29, 1.82) is 0 Å². The fourth-order valence-corrected chi connectivity index (χ4v) is 2.17. The highest BCUT2D eigenvalue weighted by Gasteiger charge is 2.21. The topological polar surface area (TPSA) is 75.4 Å². The molecule has 2 rings (SSSR count). The highest BCUT2D eigenvalue weighted by Crippen LogP contribution is 2.19. The summed E-state index contributed by atoms with van der Waals surface area (Å²) in [4.78, 5) is 11.9. The molecule has 0 saturated heterocycles. The van der Waals surface area contributed by atoms with E-state index in [1.54, 1.807) is 0 Å². The van der Waals surface area contributed by atoms with E-state index in [9.17, 15) is 14.3 Å². The molecule has 0 bridgehead atoms. The second-order valence-corrected chi connectivity index (χ2v) is 4.72. The zero-order chi connectivity index (χ0) is 13.1. The summed E-state index contributed by atoms with van der Waals surface area (Å²) >= 11 is 0. The molecule has 1 aromatic carbocycles. The van der Waals surface area contributed by atoms with E-state index in [0.29, 0.717) is 18.4 Å². The number of amides is 1. The molecule has 98 valence electrons. The molecule has 18 heavy (non-hydrogen) atoms. The van der Waals surface area contributed by atoms with Crippen molar-refractivity contribution in [2.75, 3.05) is 5.73 Å². The average Bonchev–Trinajstić information content (AvgIpc) is 2.35. The summed E-state index contributed by atoms with van der Waals surface area (Å²) in [5.74, 6) is -0.768. The van der Waals surface area contributed by atoms with Gasteiger partial charge in [-0.15, -0.1) is 0 Å². The number of carbonyl (C=O) groups excluding carboxylic acids is 1. The largest absolute Gasteiger partial charge is 0.396 e. The molecule has 0 spiro atoms. The van der Waals surface area contributed by atoms with Gasteiger partial charge in [-0.3, -0.25) is 4.79 Å². The highest BCUT2D eigenvalue weighted by atomic mass is 19.1. The molecule has 4 nitrogen and oxygen atoms in total. The Bertz CT molecular complexity index is 443. The fourth-order valence-electron chi connectivity index (χ4n) is 2.17. The summed E-state index contributed by atoms with van der Waals surface area (Å²) in [5.41, 5.74) is 5.76. The number of rotatable bonds is 2. The Morgan fingerprint density at radius 2 is 2.00 bits per heavy atom. The number of nitrogens with two attached hydrogens (primary N) is 1. The minimum Gasteiger partial charge on any atom is -0.396 e. The van der Waals surface area contributed by atoms with Gasteiger partial charge in [0.05, 0.1) is 11.8 Å². The van der Waals surface area contributed by atoms with Gasteiger partial charge in [-0.2, -0.15) is 0 Å². The van der Waals surface area contributed by atoms with Crippen molar-refractivity contribution < 1.29 is 14.3 Å². The van der Waals surface area contributed by atoms with Crippen LogP contribution in [0.25, 0.3) is 0 Å². The number of benzene rings is 1. The molecular weight excluding hydrogens is 235 g/mol. The molecule has 0 heterocycles. The van der Waals surface area contributed by atoms with Crippen LogP contribution >= 0.6 is 0 Å². The van der Waals surface area contributed by atoms with Gasteiger partial charge < -0.3 is 16.2 Å². The van der Waals surface area contributed by atoms with Crippen molar-refractivity contribution in [1.82, 2.24) is 5.32 Å². The van der Waals surface area contributed by atoms with Gasteiger partial charge in [0.15, 0.2) is 0 Å². The first kappa shape index (κ1) is 12.8. The maximum Gasteiger partial charge on any atom is 0.251 e. The van der Waals surface area contributed by atoms with E-state index >= 15 is 0 Å². The number of aliphatic hydroxyl groups excluding tert-OH is 1. The molecule has 0 aromatic heterocycles. The maximum atomic E-state index is 13.0. The normalized spacial score (nSPS) is 23.7. The van der Waals surface area contributed by atoms with Crippen LogP contribution in [0.3, 0.4) is 0 Å². The summed E-state index contributed by atoms with van der Waals surface area (Å²) in [6.45, 7) is 0. The van der Waals surface area contributed by atoms with Gasteiger partial charge in [0.1, 0.15) is 5.82 Å². The Labute approximate surface area is 105 Å². The predicted octanol–water partition coefficient (Wildman–Crippen LogP) is 1.44. The molecule has 1 aliphatic rings. The molecule has 0 unspecified atom stereocenters. The number of aliphatic hydroxyl groups is 1. The monoisotopic (exact) mass is 252 g/mol. The molecule has 1 aromatic rings. The average molecular weight is 252 g/mol. The van der Waals surface area contributed by atoms with Crippen LogP contribution in [0.1, 0.15) is 36.0 Å². The van der Waals surface area contributed by atoms with E-state index in [1.807, 2.05) is 0 Å². The summed E-state index contributed by atoms with van der Waals surface area (Å²) in [6.07, 6.45) is 2.69. The van der Waals surface area contributed by atoms with E-state index in [0.717, 1.165) is 12.8 Å².